The van der Waals surface area contributed by atoms with Gasteiger partial charge in [-0.1, -0.05) is 6.07 Å². The molecule has 4 heteroatoms. The first-order chi connectivity index (χ1) is 7.20. The fourth-order valence-corrected chi connectivity index (χ4v) is 2.12. The van der Waals surface area contributed by atoms with Gasteiger partial charge in [0.05, 0.1) is 6.04 Å². The molecule has 78 valence electrons. The second-order valence-electron chi connectivity index (χ2n) is 3.17. The molecule has 1 aromatic heterocycles. The van der Waals surface area contributed by atoms with Gasteiger partial charge in [0, 0.05) is 5.56 Å². The minimum absolute atomic E-state index is 0.0732. The van der Waals surface area contributed by atoms with Crippen molar-refractivity contribution in [3.8, 4) is 0 Å². The molecule has 0 saturated heterocycles. The molecule has 0 radical (unpaired) electrons. The van der Waals surface area contributed by atoms with Crippen LogP contribution in [-0.4, -0.2) is 0 Å². The van der Waals surface area contributed by atoms with Crippen molar-refractivity contribution in [2.45, 2.75) is 6.04 Å². The second-order valence-corrected chi connectivity index (χ2v) is 3.95. The van der Waals surface area contributed by atoms with E-state index >= 15 is 0 Å². The number of thiophene rings is 1. The average Bonchev–Trinajstić information content (AvgIpc) is 2.69. The Morgan fingerprint density at radius 3 is 2.33 bits per heavy atom. The maximum atomic E-state index is 13.4. The van der Waals surface area contributed by atoms with E-state index in [9.17, 15) is 8.78 Å². The van der Waals surface area contributed by atoms with Gasteiger partial charge in [-0.2, -0.15) is 11.3 Å². The van der Waals surface area contributed by atoms with Crippen molar-refractivity contribution in [3.05, 3.63) is 57.8 Å². The Morgan fingerprint density at radius 2 is 1.80 bits per heavy atom. The molecule has 1 aromatic carbocycles. The maximum absolute atomic E-state index is 13.4. The first-order valence-electron chi connectivity index (χ1n) is 4.41. The van der Waals surface area contributed by atoms with Gasteiger partial charge >= 0.3 is 0 Å². The van der Waals surface area contributed by atoms with Crippen molar-refractivity contribution in [2.75, 3.05) is 0 Å². The smallest absolute Gasteiger partial charge is 0.131 e. The topological polar surface area (TPSA) is 26.0 Å². The van der Waals surface area contributed by atoms with Crippen molar-refractivity contribution >= 4 is 11.3 Å². The number of hydrogen-bond acceptors (Lipinski definition) is 2. The fraction of sp³-hybridized carbons (Fsp3) is 0.0909. The summed E-state index contributed by atoms with van der Waals surface area (Å²) >= 11 is 1.45. The zero-order valence-corrected chi connectivity index (χ0v) is 8.60. The molecular formula is C11H9F2NS. The van der Waals surface area contributed by atoms with Gasteiger partial charge in [-0.15, -0.1) is 0 Å². The normalized spacial score (nSPS) is 12.7. The molecule has 15 heavy (non-hydrogen) atoms. The molecule has 2 N–H and O–H groups in total. The molecule has 2 rings (SSSR count). The van der Waals surface area contributed by atoms with Crippen LogP contribution in [-0.2, 0) is 0 Å². The summed E-state index contributed by atoms with van der Waals surface area (Å²) in [5, 5.41) is 3.62. The largest absolute Gasteiger partial charge is 0.320 e. The molecule has 0 amide bonds. The van der Waals surface area contributed by atoms with Crippen molar-refractivity contribution in [1.82, 2.24) is 0 Å². The molecule has 0 aliphatic rings. The van der Waals surface area contributed by atoms with Gasteiger partial charge in [-0.3, -0.25) is 0 Å². The van der Waals surface area contributed by atoms with Gasteiger partial charge in [0.1, 0.15) is 11.6 Å². The van der Waals surface area contributed by atoms with Crippen LogP contribution in [0.2, 0.25) is 0 Å². The third-order valence-corrected chi connectivity index (χ3v) is 2.91. The lowest BCUT2D eigenvalue weighted by Gasteiger charge is -2.12. The van der Waals surface area contributed by atoms with Gasteiger partial charge in [0.2, 0.25) is 0 Å². The lowest BCUT2D eigenvalue weighted by Crippen LogP contribution is -2.14. The highest BCUT2D eigenvalue weighted by atomic mass is 32.1. The van der Waals surface area contributed by atoms with Crippen LogP contribution >= 0.6 is 11.3 Å². The SMILES string of the molecule is NC(c1ccsc1)c1c(F)cccc1F. The quantitative estimate of drug-likeness (QED) is 0.835. The lowest BCUT2D eigenvalue weighted by molar-refractivity contribution is 0.543. The van der Waals surface area contributed by atoms with Crippen molar-refractivity contribution in [1.29, 1.82) is 0 Å². The second kappa shape index (κ2) is 4.08. The molecule has 1 heterocycles. The number of rotatable bonds is 2. The molecule has 1 unspecified atom stereocenters. The van der Waals surface area contributed by atoms with Crippen LogP contribution in [0.15, 0.2) is 35.0 Å². The van der Waals surface area contributed by atoms with Crippen molar-refractivity contribution < 1.29 is 8.78 Å². The molecule has 0 spiro atoms. The first-order valence-corrected chi connectivity index (χ1v) is 5.36. The van der Waals surface area contributed by atoms with Gasteiger partial charge in [0.15, 0.2) is 0 Å². The van der Waals surface area contributed by atoms with E-state index in [1.165, 1.54) is 29.5 Å². The van der Waals surface area contributed by atoms with Crippen LogP contribution in [0.25, 0.3) is 0 Å². The molecule has 0 fully saturated rings. The van der Waals surface area contributed by atoms with Crippen molar-refractivity contribution in [3.63, 3.8) is 0 Å². The van der Waals surface area contributed by atoms with Crippen molar-refractivity contribution in [2.24, 2.45) is 5.73 Å². The first kappa shape index (κ1) is 10.3. The number of benzene rings is 1. The highest BCUT2D eigenvalue weighted by Crippen LogP contribution is 2.25. The minimum atomic E-state index is -0.738. The standard InChI is InChI=1S/C11H9F2NS/c12-8-2-1-3-9(13)10(8)11(14)7-4-5-15-6-7/h1-6,11H,14H2. The van der Waals surface area contributed by atoms with Gasteiger partial charge in [0.25, 0.3) is 0 Å². The van der Waals surface area contributed by atoms with E-state index in [-0.39, 0.29) is 5.56 Å². The lowest BCUT2D eigenvalue weighted by atomic mass is 10.0. The van der Waals surface area contributed by atoms with E-state index in [1.807, 2.05) is 5.38 Å². The number of nitrogens with two attached hydrogens (primary N) is 1. The Bertz CT molecular complexity index is 433. The summed E-state index contributed by atoms with van der Waals surface area (Å²) in [6.07, 6.45) is 0. The van der Waals surface area contributed by atoms with Crippen LogP contribution in [0.3, 0.4) is 0 Å². The zero-order chi connectivity index (χ0) is 10.8. The highest BCUT2D eigenvalue weighted by molar-refractivity contribution is 7.08. The molecule has 0 bridgehead atoms. The Hall–Kier alpha value is -1.26. The van der Waals surface area contributed by atoms with E-state index < -0.39 is 17.7 Å². The van der Waals surface area contributed by atoms with Crippen LogP contribution in [0.5, 0.6) is 0 Å². The average molecular weight is 225 g/mol. The van der Waals surface area contributed by atoms with Crippen LogP contribution in [0, 0.1) is 11.6 Å². The molecule has 0 saturated carbocycles. The Kier molecular flexibility index (Phi) is 2.79. The van der Waals surface area contributed by atoms with Crippen LogP contribution in [0.1, 0.15) is 17.2 Å². The minimum Gasteiger partial charge on any atom is -0.320 e. The highest BCUT2D eigenvalue weighted by Gasteiger charge is 2.17. The third-order valence-electron chi connectivity index (χ3n) is 2.21. The van der Waals surface area contributed by atoms with E-state index in [2.05, 4.69) is 0 Å². The summed E-state index contributed by atoms with van der Waals surface area (Å²) in [6.45, 7) is 0. The number of hydrogen-bond donors (Lipinski definition) is 1. The molecule has 0 aliphatic carbocycles. The molecule has 0 aliphatic heterocycles. The summed E-state index contributed by atoms with van der Waals surface area (Å²) < 4.78 is 26.8. The van der Waals surface area contributed by atoms with Gasteiger partial charge in [-0.25, -0.2) is 8.78 Å². The number of halogens is 2. The Labute approximate surface area is 90.2 Å². The summed E-state index contributed by atoms with van der Waals surface area (Å²) in [4.78, 5) is 0. The molecule has 2 aromatic rings. The zero-order valence-electron chi connectivity index (χ0n) is 7.78. The molecule has 1 nitrogen and oxygen atoms in total. The Morgan fingerprint density at radius 1 is 1.13 bits per heavy atom. The van der Waals surface area contributed by atoms with Gasteiger partial charge in [-0.05, 0) is 34.5 Å². The van der Waals surface area contributed by atoms with E-state index in [1.54, 1.807) is 11.4 Å². The Balaban J connectivity index is 2.46. The summed E-state index contributed by atoms with van der Waals surface area (Å²) in [5.74, 6) is -1.21. The monoisotopic (exact) mass is 225 g/mol. The van der Waals surface area contributed by atoms with Crippen LogP contribution in [0.4, 0.5) is 8.78 Å². The maximum Gasteiger partial charge on any atom is 0.131 e. The summed E-state index contributed by atoms with van der Waals surface area (Å²) in [6, 6.07) is 4.78. The van der Waals surface area contributed by atoms with Gasteiger partial charge < -0.3 is 5.73 Å². The van der Waals surface area contributed by atoms with E-state index in [0.29, 0.717) is 0 Å². The van der Waals surface area contributed by atoms with E-state index in [4.69, 9.17) is 5.73 Å². The third kappa shape index (κ3) is 1.91. The van der Waals surface area contributed by atoms with Crippen LogP contribution < -0.4 is 5.73 Å². The fourth-order valence-electron chi connectivity index (χ4n) is 1.43. The summed E-state index contributed by atoms with van der Waals surface area (Å²) in [7, 11) is 0. The molecule has 1 atom stereocenters. The molecular weight excluding hydrogens is 216 g/mol. The summed E-state index contributed by atoms with van der Waals surface area (Å²) in [5.41, 5.74) is 6.44. The predicted molar refractivity (Wildman–Crippen MR) is 56.7 cm³/mol. The van der Waals surface area contributed by atoms with E-state index in [0.717, 1.165) is 5.56 Å². The predicted octanol–water partition coefficient (Wildman–Crippen LogP) is 3.07.